The summed E-state index contributed by atoms with van der Waals surface area (Å²) in [6, 6.07) is 9.58. The van der Waals surface area contributed by atoms with E-state index >= 15 is 0 Å². The Bertz CT molecular complexity index is 570. The Kier molecular flexibility index (Phi) is 4.38. The van der Waals surface area contributed by atoms with Gasteiger partial charge < -0.3 is 10.5 Å². The van der Waals surface area contributed by atoms with Crippen LogP contribution in [0.1, 0.15) is 16.7 Å². The minimum Gasteiger partial charge on any atom is -0.489 e. The summed E-state index contributed by atoms with van der Waals surface area (Å²) in [5, 5.41) is 0.785. The van der Waals surface area contributed by atoms with Crippen LogP contribution in [-0.2, 0) is 6.61 Å². The molecule has 2 aromatic carbocycles. The molecule has 0 aromatic heterocycles. The van der Waals surface area contributed by atoms with Crippen LogP contribution in [0, 0.1) is 13.8 Å². The number of rotatable bonds is 3. The van der Waals surface area contributed by atoms with Gasteiger partial charge in [-0.25, -0.2) is 0 Å². The Balaban J connectivity index is 2.19. The van der Waals surface area contributed by atoms with Crippen LogP contribution < -0.4 is 10.5 Å². The van der Waals surface area contributed by atoms with Crippen molar-refractivity contribution >= 4 is 33.2 Å². The largest absolute Gasteiger partial charge is 0.489 e. The first-order valence-electron chi connectivity index (χ1n) is 5.91. The molecule has 4 heteroatoms. The summed E-state index contributed by atoms with van der Waals surface area (Å²) < 4.78 is 6.76. The summed E-state index contributed by atoms with van der Waals surface area (Å²) >= 11 is 9.61. The average molecular weight is 341 g/mol. The predicted molar refractivity (Wildman–Crippen MR) is 83.8 cm³/mol. The van der Waals surface area contributed by atoms with Gasteiger partial charge in [0, 0.05) is 20.7 Å². The van der Waals surface area contributed by atoms with Crippen LogP contribution in [0.25, 0.3) is 0 Å². The quantitative estimate of drug-likeness (QED) is 0.808. The maximum atomic E-state index is 6.13. The van der Waals surface area contributed by atoms with Gasteiger partial charge >= 0.3 is 0 Å². The highest BCUT2D eigenvalue weighted by Gasteiger charge is 2.07. The molecular formula is C15H15BrClNO. The van der Waals surface area contributed by atoms with E-state index in [0.717, 1.165) is 37.6 Å². The lowest BCUT2D eigenvalue weighted by molar-refractivity contribution is 0.306. The molecular weight excluding hydrogens is 326 g/mol. The van der Waals surface area contributed by atoms with E-state index in [0.29, 0.717) is 6.61 Å². The van der Waals surface area contributed by atoms with Crippen molar-refractivity contribution in [2.75, 3.05) is 5.73 Å². The van der Waals surface area contributed by atoms with Crippen LogP contribution in [0.2, 0.25) is 5.02 Å². The normalized spacial score (nSPS) is 10.5. The van der Waals surface area contributed by atoms with Gasteiger partial charge in [0.1, 0.15) is 12.4 Å². The number of hydrogen-bond acceptors (Lipinski definition) is 2. The highest BCUT2D eigenvalue weighted by atomic mass is 79.9. The number of nitrogen functional groups attached to an aromatic ring is 1. The summed E-state index contributed by atoms with van der Waals surface area (Å²) in [5.74, 6) is 0.801. The van der Waals surface area contributed by atoms with E-state index in [1.807, 2.05) is 44.2 Å². The molecule has 0 amide bonds. The molecule has 2 N–H and O–H groups in total. The monoisotopic (exact) mass is 339 g/mol. The molecule has 0 unspecified atom stereocenters. The lowest BCUT2D eigenvalue weighted by atomic mass is 10.1. The molecule has 0 saturated carbocycles. The first kappa shape index (κ1) is 14.2. The van der Waals surface area contributed by atoms with Gasteiger partial charge in [-0.05, 0) is 49.2 Å². The molecule has 19 heavy (non-hydrogen) atoms. The highest BCUT2D eigenvalue weighted by molar-refractivity contribution is 9.10. The summed E-state index contributed by atoms with van der Waals surface area (Å²) in [6.45, 7) is 4.36. The molecule has 2 nitrogen and oxygen atoms in total. The van der Waals surface area contributed by atoms with E-state index in [-0.39, 0.29) is 0 Å². The third-order valence-corrected chi connectivity index (χ3v) is 4.29. The molecule has 0 saturated heterocycles. The van der Waals surface area contributed by atoms with Crippen LogP contribution in [0.5, 0.6) is 5.75 Å². The topological polar surface area (TPSA) is 35.2 Å². The van der Waals surface area contributed by atoms with Crippen LogP contribution in [0.4, 0.5) is 5.69 Å². The fraction of sp³-hybridized carbons (Fsp3) is 0.200. The van der Waals surface area contributed by atoms with Crippen molar-refractivity contribution in [3.05, 3.63) is 56.5 Å². The molecule has 2 aromatic rings. The van der Waals surface area contributed by atoms with Crippen LogP contribution in [0.3, 0.4) is 0 Å². The summed E-state index contributed by atoms with van der Waals surface area (Å²) in [6.07, 6.45) is 0. The van der Waals surface area contributed by atoms with Gasteiger partial charge in [-0.15, -0.1) is 0 Å². The number of aryl methyl sites for hydroxylation is 2. The Morgan fingerprint density at radius 1 is 1.21 bits per heavy atom. The molecule has 100 valence electrons. The van der Waals surface area contributed by atoms with Gasteiger partial charge in [0.2, 0.25) is 0 Å². The van der Waals surface area contributed by atoms with Gasteiger partial charge in [-0.3, -0.25) is 0 Å². The fourth-order valence-corrected chi connectivity index (χ4v) is 2.48. The van der Waals surface area contributed by atoms with Crippen molar-refractivity contribution in [3.8, 4) is 5.75 Å². The molecule has 0 aliphatic heterocycles. The molecule has 0 spiro atoms. The van der Waals surface area contributed by atoms with Crippen molar-refractivity contribution < 1.29 is 4.74 Å². The lowest BCUT2D eigenvalue weighted by Crippen LogP contribution is -2.01. The first-order chi connectivity index (χ1) is 8.99. The van der Waals surface area contributed by atoms with Gasteiger partial charge in [0.15, 0.2) is 0 Å². The van der Waals surface area contributed by atoms with Crippen molar-refractivity contribution in [1.82, 2.24) is 0 Å². The molecule has 0 heterocycles. The zero-order chi connectivity index (χ0) is 14.0. The summed E-state index contributed by atoms with van der Waals surface area (Å²) in [7, 11) is 0. The number of benzene rings is 2. The zero-order valence-corrected chi connectivity index (χ0v) is 13.2. The Morgan fingerprint density at radius 2 is 1.84 bits per heavy atom. The number of hydrogen-bond donors (Lipinski definition) is 1. The van der Waals surface area contributed by atoms with Crippen LogP contribution >= 0.6 is 27.5 Å². The van der Waals surface area contributed by atoms with E-state index in [9.17, 15) is 0 Å². The fourth-order valence-electron chi connectivity index (χ4n) is 1.87. The predicted octanol–water partition coefficient (Wildman–Crippen LogP) is 4.88. The van der Waals surface area contributed by atoms with Crippen molar-refractivity contribution in [1.29, 1.82) is 0 Å². The minimum absolute atomic E-state index is 0.424. The SMILES string of the molecule is Cc1cc(OCc2c(N)cccc2Br)cc(C)c1Cl. The standard InChI is InChI=1S/C15H15BrClNO/c1-9-6-11(7-10(2)15(9)17)19-8-12-13(16)4-3-5-14(12)18/h3-7H,8,18H2,1-2H3. The number of anilines is 1. The summed E-state index contributed by atoms with van der Waals surface area (Å²) in [5.41, 5.74) is 9.63. The third kappa shape index (κ3) is 3.23. The second kappa shape index (κ2) is 5.85. The van der Waals surface area contributed by atoms with Crippen LogP contribution in [-0.4, -0.2) is 0 Å². The molecule has 0 fully saturated rings. The van der Waals surface area contributed by atoms with Crippen molar-refractivity contribution in [3.63, 3.8) is 0 Å². The molecule has 0 aliphatic carbocycles. The average Bonchev–Trinajstić information content (AvgIpc) is 2.35. The van der Waals surface area contributed by atoms with Gasteiger partial charge in [0.25, 0.3) is 0 Å². The Hall–Kier alpha value is -1.19. The van der Waals surface area contributed by atoms with E-state index in [1.165, 1.54) is 0 Å². The Morgan fingerprint density at radius 3 is 2.42 bits per heavy atom. The van der Waals surface area contributed by atoms with Gasteiger partial charge in [0.05, 0.1) is 0 Å². The summed E-state index contributed by atoms with van der Waals surface area (Å²) in [4.78, 5) is 0. The second-order valence-electron chi connectivity index (χ2n) is 4.47. The lowest BCUT2D eigenvalue weighted by Gasteiger charge is -2.12. The van der Waals surface area contributed by atoms with Crippen LogP contribution in [0.15, 0.2) is 34.8 Å². The number of halogens is 2. The van der Waals surface area contributed by atoms with E-state index < -0.39 is 0 Å². The first-order valence-corrected chi connectivity index (χ1v) is 7.08. The van der Waals surface area contributed by atoms with Crippen molar-refractivity contribution in [2.24, 2.45) is 0 Å². The molecule has 0 atom stereocenters. The maximum Gasteiger partial charge on any atom is 0.120 e. The molecule has 0 radical (unpaired) electrons. The van der Waals surface area contributed by atoms with Gasteiger partial charge in [-0.1, -0.05) is 33.6 Å². The van der Waals surface area contributed by atoms with E-state index in [2.05, 4.69) is 15.9 Å². The highest BCUT2D eigenvalue weighted by Crippen LogP contribution is 2.28. The molecule has 0 aliphatic rings. The second-order valence-corrected chi connectivity index (χ2v) is 5.70. The Labute approximate surface area is 126 Å². The number of ether oxygens (including phenoxy) is 1. The van der Waals surface area contributed by atoms with Crippen molar-refractivity contribution in [2.45, 2.75) is 20.5 Å². The van der Waals surface area contributed by atoms with Gasteiger partial charge in [-0.2, -0.15) is 0 Å². The van der Waals surface area contributed by atoms with E-state index in [4.69, 9.17) is 22.1 Å². The maximum absolute atomic E-state index is 6.13. The number of nitrogens with two attached hydrogens (primary N) is 1. The van der Waals surface area contributed by atoms with E-state index in [1.54, 1.807) is 0 Å². The molecule has 0 bridgehead atoms. The molecule has 2 rings (SSSR count). The third-order valence-electron chi connectivity index (χ3n) is 2.95. The minimum atomic E-state index is 0.424. The zero-order valence-electron chi connectivity index (χ0n) is 10.8. The smallest absolute Gasteiger partial charge is 0.120 e.